The highest BCUT2D eigenvalue weighted by Crippen LogP contribution is 2.31. The summed E-state index contributed by atoms with van der Waals surface area (Å²) in [5.74, 6) is -2.00. The Morgan fingerprint density at radius 2 is 1.92 bits per heavy atom. The first-order valence-electron chi connectivity index (χ1n) is 2.41. The van der Waals surface area contributed by atoms with Crippen molar-refractivity contribution in [1.82, 2.24) is 0 Å². The molecule has 0 aliphatic carbocycles. The Labute approximate surface area is 69.7 Å². The van der Waals surface area contributed by atoms with Gasteiger partial charge in [-0.15, -0.1) is 0 Å². The van der Waals surface area contributed by atoms with E-state index in [0.29, 0.717) is 0 Å². The number of aliphatic carboxylic acids is 1. The number of carboxylic acid groups (broad SMARTS) is 1. The van der Waals surface area contributed by atoms with E-state index in [1.165, 1.54) is 0 Å². The summed E-state index contributed by atoms with van der Waals surface area (Å²) in [5, 5.41) is 14.1. The molecule has 7 heteroatoms. The summed E-state index contributed by atoms with van der Waals surface area (Å²) in [7, 11) is 0. The SMILES string of the molecule is N#CC(C(=O)O)=C(Cl)C(F)(F)F. The second kappa shape index (κ2) is 3.45. The third-order valence-corrected chi connectivity index (χ3v) is 1.20. The molecule has 12 heavy (non-hydrogen) atoms. The van der Waals surface area contributed by atoms with Gasteiger partial charge in [-0.25, -0.2) is 4.79 Å². The number of carbonyl (C=O) groups is 1. The fourth-order valence-electron chi connectivity index (χ4n) is 0.333. The van der Waals surface area contributed by atoms with Crippen molar-refractivity contribution >= 4 is 17.6 Å². The average Bonchev–Trinajstić information content (AvgIpc) is 1.86. The third kappa shape index (κ3) is 2.43. The number of rotatable bonds is 1. The molecule has 0 amide bonds. The van der Waals surface area contributed by atoms with E-state index in [9.17, 15) is 18.0 Å². The van der Waals surface area contributed by atoms with E-state index >= 15 is 0 Å². The minimum Gasteiger partial charge on any atom is -0.477 e. The van der Waals surface area contributed by atoms with E-state index in [1.54, 1.807) is 0 Å². The minimum absolute atomic E-state index is 0.836. The van der Waals surface area contributed by atoms with Gasteiger partial charge in [-0.05, 0) is 0 Å². The van der Waals surface area contributed by atoms with Gasteiger partial charge in [-0.2, -0.15) is 18.4 Å². The lowest BCUT2D eigenvalue weighted by Gasteiger charge is -2.03. The van der Waals surface area contributed by atoms with Gasteiger partial charge in [0.15, 0.2) is 5.57 Å². The Morgan fingerprint density at radius 1 is 1.50 bits per heavy atom. The minimum atomic E-state index is -5.00. The molecule has 0 aromatic heterocycles. The van der Waals surface area contributed by atoms with Crippen LogP contribution < -0.4 is 0 Å². The molecule has 0 saturated heterocycles. The number of nitrogens with zero attached hydrogens (tertiary/aromatic N) is 1. The summed E-state index contributed by atoms with van der Waals surface area (Å²) in [6.45, 7) is 0. The van der Waals surface area contributed by atoms with Crippen LogP contribution in [0.25, 0.3) is 0 Å². The van der Waals surface area contributed by atoms with Gasteiger partial charge in [0.05, 0.1) is 0 Å². The van der Waals surface area contributed by atoms with Crippen molar-refractivity contribution in [2.45, 2.75) is 6.18 Å². The van der Waals surface area contributed by atoms with Crippen molar-refractivity contribution < 1.29 is 23.1 Å². The molecule has 3 nitrogen and oxygen atoms in total. The van der Waals surface area contributed by atoms with E-state index in [0.717, 1.165) is 6.07 Å². The van der Waals surface area contributed by atoms with Gasteiger partial charge in [0.2, 0.25) is 0 Å². The number of halogens is 4. The first-order chi connectivity index (χ1) is 5.30. The summed E-state index contributed by atoms with van der Waals surface area (Å²) in [4.78, 5) is 9.95. The summed E-state index contributed by atoms with van der Waals surface area (Å²) < 4.78 is 34.9. The van der Waals surface area contributed by atoms with Gasteiger partial charge in [0, 0.05) is 0 Å². The summed E-state index contributed by atoms with van der Waals surface area (Å²) in [6, 6.07) is 0.836. The van der Waals surface area contributed by atoms with Crippen LogP contribution in [0.5, 0.6) is 0 Å². The van der Waals surface area contributed by atoms with Crippen molar-refractivity contribution in [3.63, 3.8) is 0 Å². The van der Waals surface area contributed by atoms with Crippen molar-refractivity contribution in [2.24, 2.45) is 0 Å². The van der Waals surface area contributed by atoms with Crippen LogP contribution in [0.15, 0.2) is 10.6 Å². The molecule has 1 N–H and O–H groups in total. The van der Waals surface area contributed by atoms with E-state index in [2.05, 4.69) is 11.6 Å². The van der Waals surface area contributed by atoms with Crippen LogP contribution >= 0.6 is 11.6 Å². The lowest BCUT2D eigenvalue weighted by Crippen LogP contribution is -2.13. The fourth-order valence-corrected chi connectivity index (χ4v) is 0.456. The molecular weight excluding hydrogens is 199 g/mol. The molecule has 0 heterocycles. The van der Waals surface area contributed by atoms with Crippen LogP contribution in [0.4, 0.5) is 13.2 Å². The molecule has 0 aliphatic heterocycles. The molecule has 0 unspecified atom stereocenters. The Hall–Kier alpha value is -1.22. The maximum absolute atomic E-state index is 11.6. The molecular formula is C5HClF3NO2. The number of alkyl halides is 3. The molecule has 0 fully saturated rings. The predicted molar refractivity (Wildman–Crippen MR) is 32.2 cm³/mol. The molecule has 0 spiro atoms. The van der Waals surface area contributed by atoms with Crippen LogP contribution in [-0.4, -0.2) is 17.3 Å². The largest absolute Gasteiger partial charge is 0.477 e. The quantitative estimate of drug-likeness (QED) is 0.516. The van der Waals surface area contributed by atoms with Gasteiger partial charge < -0.3 is 5.11 Å². The molecule has 0 saturated carbocycles. The summed E-state index contributed by atoms with van der Waals surface area (Å²) in [5.41, 5.74) is -1.51. The molecule has 0 aromatic carbocycles. The Balaban J connectivity index is 5.17. The van der Waals surface area contributed by atoms with Gasteiger partial charge >= 0.3 is 12.1 Å². The number of hydrogen-bond donors (Lipinski definition) is 1. The van der Waals surface area contributed by atoms with E-state index in [1.807, 2.05) is 0 Å². The Kier molecular flexibility index (Phi) is 3.10. The van der Waals surface area contributed by atoms with E-state index in [-0.39, 0.29) is 0 Å². The van der Waals surface area contributed by atoms with Crippen molar-refractivity contribution in [3.8, 4) is 6.07 Å². The predicted octanol–water partition coefficient (Wildman–Crippen LogP) is 1.65. The van der Waals surface area contributed by atoms with Gasteiger partial charge in [-0.1, -0.05) is 11.6 Å². The van der Waals surface area contributed by atoms with Gasteiger partial charge in [0.1, 0.15) is 11.1 Å². The monoisotopic (exact) mass is 199 g/mol. The van der Waals surface area contributed by atoms with Crippen LogP contribution in [-0.2, 0) is 4.79 Å². The Morgan fingerprint density at radius 3 is 2.00 bits per heavy atom. The lowest BCUT2D eigenvalue weighted by atomic mass is 10.3. The van der Waals surface area contributed by atoms with Crippen molar-refractivity contribution in [3.05, 3.63) is 10.6 Å². The number of allylic oxidation sites excluding steroid dienone is 1. The normalized spacial score (nSPS) is 13.2. The zero-order chi connectivity index (χ0) is 9.94. The Bertz CT molecular complexity index is 275. The third-order valence-electron chi connectivity index (χ3n) is 0.794. The fraction of sp³-hybridized carbons (Fsp3) is 0.200. The van der Waals surface area contributed by atoms with Crippen molar-refractivity contribution in [1.29, 1.82) is 5.26 Å². The van der Waals surface area contributed by atoms with Crippen LogP contribution in [0, 0.1) is 11.3 Å². The molecule has 0 rings (SSSR count). The number of carboxylic acids is 1. The van der Waals surface area contributed by atoms with Crippen molar-refractivity contribution in [2.75, 3.05) is 0 Å². The van der Waals surface area contributed by atoms with Crippen LogP contribution in [0.3, 0.4) is 0 Å². The molecule has 66 valence electrons. The highest BCUT2D eigenvalue weighted by Gasteiger charge is 2.37. The maximum Gasteiger partial charge on any atom is 0.428 e. The smallest absolute Gasteiger partial charge is 0.428 e. The standard InChI is InChI=1S/C5HClF3NO2/c6-3(5(7,8)9)2(1-10)4(11)12/h(H,11,12). The topological polar surface area (TPSA) is 61.1 Å². The first kappa shape index (κ1) is 10.8. The lowest BCUT2D eigenvalue weighted by molar-refractivity contribution is -0.133. The number of hydrogen-bond acceptors (Lipinski definition) is 2. The van der Waals surface area contributed by atoms with Crippen LogP contribution in [0.1, 0.15) is 0 Å². The molecule has 0 aromatic rings. The highest BCUT2D eigenvalue weighted by molar-refractivity contribution is 6.32. The summed E-state index contributed by atoms with van der Waals surface area (Å²) >= 11 is 4.57. The molecule has 0 atom stereocenters. The molecule has 0 bridgehead atoms. The zero-order valence-corrected chi connectivity index (χ0v) is 6.07. The summed E-state index contributed by atoms with van der Waals surface area (Å²) in [6.07, 6.45) is -5.00. The maximum atomic E-state index is 11.6. The van der Waals surface area contributed by atoms with Gasteiger partial charge in [0.25, 0.3) is 0 Å². The molecule has 0 radical (unpaired) electrons. The highest BCUT2D eigenvalue weighted by atomic mass is 35.5. The van der Waals surface area contributed by atoms with E-state index < -0.39 is 22.8 Å². The van der Waals surface area contributed by atoms with Crippen LogP contribution in [0.2, 0.25) is 0 Å². The zero-order valence-electron chi connectivity index (χ0n) is 5.31. The number of nitriles is 1. The second-order valence-electron chi connectivity index (χ2n) is 1.60. The molecule has 0 aliphatic rings. The van der Waals surface area contributed by atoms with E-state index in [4.69, 9.17) is 10.4 Å². The average molecular weight is 200 g/mol. The second-order valence-corrected chi connectivity index (χ2v) is 1.98. The van der Waals surface area contributed by atoms with Gasteiger partial charge in [-0.3, -0.25) is 0 Å². The first-order valence-corrected chi connectivity index (χ1v) is 2.79.